The molecule has 0 aliphatic rings. The first kappa shape index (κ1) is 57.2. The van der Waals surface area contributed by atoms with E-state index >= 15 is 0 Å². The van der Waals surface area contributed by atoms with E-state index in [0.717, 1.165) is 30.8 Å². The van der Waals surface area contributed by atoms with Gasteiger partial charge in [0.2, 0.25) is 0 Å². The first-order valence-electron chi connectivity index (χ1n) is 22.7. The summed E-state index contributed by atoms with van der Waals surface area (Å²) in [6.07, 6.45) is 13.5. The van der Waals surface area contributed by atoms with E-state index in [1.54, 1.807) is 62.4 Å². The van der Waals surface area contributed by atoms with E-state index in [4.69, 9.17) is 10.2 Å². The summed E-state index contributed by atoms with van der Waals surface area (Å²) in [5.41, 5.74) is 0.381. The van der Waals surface area contributed by atoms with Crippen molar-refractivity contribution in [2.24, 2.45) is 20.5 Å². The summed E-state index contributed by atoms with van der Waals surface area (Å²) in [7, 11) is 0. The van der Waals surface area contributed by atoms with E-state index in [-0.39, 0.29) is 71.9 Å². The number of nitrogens with zero attached hydrogens (tertiary/aromatic N) is 11. The molecule has 0 atom stereocenters. The smallest absolute Gasteiger partial charge is 0.589 e. The molecule has 0 bridgehead atoms. The van der Waals surface area contributed by atoms with Crippen LogP contribution < -0.4 is 21.3 Å². The van der Waals surface area contributed by atoms with Crippen LogP contribution in [0.4, 0.5) is 34.1 Å². The number of hydrogen-bond acceptors (Lipinski definition) is 15. The quantitative estimate of drug-likeness (QED) is 0.0201. The molecule has 0 saturated heterocycles. The summed E-state index contributed by atoms with van der Waals surface area (Å²) < 4.78 is 2.40. The molecule has 70 heavy (non-hydrogen) atoms. The predicted octanol–water partition coefficient (Wildman–Crippen LogP) is 9.57. The standard InChI is InChI=1S/2C16H13N5O4.C16H35NO2.Cr/c1-10-15(16(23)20(19-10)11-5-3-2-4-6-11)18-17-13-9-12(21(24)25)7-8-14(13)22;1-10-15(16(23)20(19-10)11-5-3-2-4-6-11)18-17-13-8-7-12(21(24)25)9-14(13)22;1-2-3-4-5-6-7-8-9-10-11-12-17(13-15-18)14-16-19;/h2*2-9H,1H3,(H2,17,18,19,22,23);18-19H,2-16H2,1H3;/p-1. The second-order valence-corrected chi connectivity index (χ2v) is 15.7. The summed E-state index contributed by atoms with van der Waals surface area (Å²) in [6, 6.07) is 24.4. The number of non-ortho nitro benzene ring substituents is 2. The zero-order chi connectivity index (χ0) is 50.1. The van der Waals surface area contributed by atoms with E-state index in [1.165, 1.54) is 85.7 Å². The minimum Gasteiger partial charge on any atom is -0.589 e. The first-order valence-corrected chi connectivity index (χ1v) is 22.7. The van der Waals surface area contributed by atoms with Crippen molar-refractivity contribution >= 4 is 34.1 Å². The third kappa shape index (κ3) is 17.8. The number of phenolic OH excluding ortho intramolecular Hbond substituents is 2. The molecule has 6 rings (SSSR count). The first-order chi connectivity index (χ1) is 33.3. The van der Waals surface area contributed by atoms with Crippen LogP contribution in [0.3, 0.4) is 0 Å². The van der Waals surface area contributed by atoms with Gasteiger partial charge in [0, 0.05) is 60.0 Å². The maximum Gasteiger partial charge on any atom is 1.00 e. The molecule has 2 aromatic heterocycles. The average Bonchev–Trinajstić information content (AvgIpc) is 3.80. The molecule has 0 unspecified atom stereocenters. The number of azo groups is 2. The number of phenols is 2. The molecule has 4 N–H and O–H groups in total. The second kappa shape index (κ2) is 30.4. The average molecular weight is 1000 g/mol. The summed E-state index contributed by atoms with van der Waals surface area (Å²) >= 11 is 0. The van der Waals surface area contributed by atoms with Gasteiger partial charge >= 0.3 is 1.43 Å². The third-order valence-corrected chi connectivity index (χ3v) is 10.5. The van der Waals surface area contributed by atoms with Crippen LogP contribution in [0.15, 0.2) is 127 Å². The minimum absolute atomic E-state index is 0. The zero-order valence-corrected chi connectivity index (χ0v) is 40.7. The third-order valence-electron chi connectivity index (χ3n) is 10.5. The van der Waals surface area contributed by atoms with Crippen molar-refractivity contribution in [1.82, 2.24) is 24.5 Å². The van der Waals surface area contributed by atoms with Crippen molar-refractivity contribution in [1.29, 1.82) is 0 Å². The number of benzene rings is 4. The van der Waals surface area contributed by atoms with Crippen molar-refractivity contribution in [2.75, 3.05) is 32.8 Å². The number of aromatic nitrogens is 4. The van der Waals surface area contributed by atoms with Gasteiger partial charge in [0.05, 0.1) is 29.1 Å². The minimum atomic E-state index is -0.634. The van der Waals surface area contributed by atoms with Gasteiger partial charge in [-0.15, -0.1) is 31.8 Å². The molecule has 4 aromatic carbocycles. The summed E-state index contributed by atoms with van der Waals surface area (Å²) in [4.78, 5) is 47.2. The molecule has 0 spiro atoms. The number of rotatable bonds is 23. The molecule has 0 radical (unpaired) electrons. The van der Waals surface area contributed by atoms with E-state index < -0.39 is 26.7 Å². The molecule has 0 aliphatic heterocycles. The topological polar surface area (TPSA) is 292 Å². The largest absolute Gasteiger partial charge is 1.00 e. The Morgan fingerprint density at radius 3 is 1.44 bits per heavy atom. The molecule has 21 nitrogen and oxygen atoms in total. The van der Waals surface area contributed by atoms with Crippen molar-refractivity contribution in [3.63, 3.8) is 0 Å². The Balaban J connectivity index is 0.000000365. The fraction of sp³-hybridized carbons (Fsp3) is 0.375. The van der Waals surface area contributed by atoms with Gasteiger partial charge in [-0.05, 0) is 49.4 Å². The maximum absolute atomic E-state index is 12.4. The van der Waals surface area contributed by atoms with Crippen LogP contribution in [-0.2, 0) is 17.4 Å². The number of nitro benzene ring substituents is 2. The second-order valence-electron chi connectivity index (χ2n) is 15.7. The fourth-order valence-corrected chi connectivity index (χ4v) is 6.78. The molecule has 6 aromatic rings. The van der Waals surface area contributed by atoms with E-state index in [1.807, 2.05) is 12.1 Å². The van der Waals surface area contributed by atoms with Gasteiger partial charge in [0.25, 0.3) is 22.5 Å². The van der Waals surface area contributed by atoms with Gasteiger partial charge in [0.1, 0.15) is 34.2 Å². The molecule has 0 fully saturated rings. The zero-order valence-electron chi connectivity index (χ0n) is 40.4. The monoisotopic (exact) mass is 1000 g/mol. The fourth-order valence-electron chi connectivity index (χ4n) is 6.78. The Labute approximate surface area is 416 Å². The SMILES string of the molecule is CCCCCCCCCCCCN(CCO)CCO.Cc1[n-]n(-c2ccccc2)c(=O)c1N=Nc1cc([N+](=O)[O-])ccc1O.Cc1[n-]n(-c2ccccc2)c(=O)c1N=Nc1ccc([N+](=O)[O-])cc1O.[Cr].[H+]. The molecule has 0 aliphatic carbocycles. The van der Waals surface area contributed by atoms with Crippen molar-refractivity contribution < 1.29 is 49.1 Å². The number of aromatic hydroxyl groups is 2. The van der Waals surface area contributed by atoms with Crippen molar-refractivity contribution in [3.8, 4) is 22.9 Å². The summed E-state index contributed by atoms with van der Waals surface area (Å²) in [5, 5.41) is 82.3. The van der Waals surface area contributed by atoms with Crippen LogP contribution in [0.2, 0.25) is 0 Å². The van der Waals surface area contributed by atoms with Crippen LogP contribution in [0, 0.1) is 34.1 Å². The summed E-state index contributed by atoms with van der Waals surface area (Å²) in [6.45, 7) is 8.26. The summed E-state index contributed by atoms with van der Waals surface area (Å²) in [5.74, 6) is -0.687. The Morgan fingerprint density at radius 1 is 0.571 bits per heavy atom. The van der Waals surface area contributed by atoms with Gasteiger partial charge in [-0.25, -0.2) is 0 Å². The van der Waals surface area contributed by atoms with Gasteiger partial charge in [0.15, 0.2) is 0 Å². The molecule has 374 valence electrons. The van der Waals surface area contributed by atoms with Gasteiger partial charge in [-0.1, -0.05) is 115 Å². The van der Waals surface area contributed by atoms with Gasteiger partial charge < -0.3 is 40.0 Å². The van der Waals surface area contributed by atoms with Crippen LogP contribution >= 0.6 is 0 Å². The Kier molecular flexibility index (Phi) is 24.9. The number of aryl methyl sites for hydroxylation is 2. The molecular formula is C48H60CrN11O10-. The van der Waals surface area contributed by atoms with Gasteiger partial charge in [-0.3, -0.25) is 34.7 Å². The molecule has 22 heteroatoms. The Morgan fingerprint density at radius 2 is 1.00 bits per heavy atom. The van der Waals surface area contributed by atoms with Crippen LogP contribution in [0.25, 0.3) is 11.4 Å². The molecule has 0 amide bonds. The molecule has 2 heterocycles. The molecule has 0 saturated carbocycles. The Hall–Kier alpha value is -7.09. The van der Waals surface area contributed by atoms with Crippen LogP contribution in [-0.4, -0.2) is 77.4 Å². The number of aliphatic hydroxyl groups excluding tert-OH is 2. The maximum atomic E-state index is 12.4. The van der Waals surface area contributed by atoms with E-state index in [0.29, 0.717) is 35.9 Å². The van der Waals surface area contributed by atoms with Crippen LogP contribution in [0.5, 0.6) is 11.5 Å². The number of para-hydroxylation sites is 2. The van der Waals surface area contributed by atoms with E-state index in [9.17, 15) is 40.0 Å². The van der Waals surface area contributed by atoms with Crippen LogP contribution in [0.1, 0.15) is 83.9 Å². The van der Waals surface area contributed by atoms with Crippen molar-refractivity contribution in [2.45, 2.75) is 85.0 Å². The van der Waals surface area contributed by atoms with Crippen molar-refractivity contribution in [3.05, 3.63) is 149 Å². The predicted molar refractivity (Wildman–Crippen MR) is 262 cm³/mol. The van der Waals surface area contributed by atoms with Gasteiger partial charge in [-0.2, -0.15) is 0 Å². The number of unbranched alkanes of at least 4 members (excludes halogenated alkanes) is 9. The number of nitro groups is 2. The number of aliphatic hydroxyl groups is 2. The normalized spacial score (nSPS) is 11.0. The van der Waals surface area contributed by atoms with E-state index in [2.05, 4.69) is 42.5 Å². The Bertz CT molecular complexity index is 2720. The molecular weight excluding hydrogens is 943 g/mol. The number of hydrogen-bond donors (Lipinski definition) is 4.